The van der Waals surface area contributed by atoms with Crippen LogP contribution < -0.4 is 0 Å². The summed E-state index contributed by atoms with van der Waals surface area (Å²) in [5.41, 5.74) is -0.908. The third-order valence-electron chi connectivity index (χ3n) is 1.99. The summed E-state index contributed by atoms with van der Waals surface area (Å²) in [6.07, 6.45) is 1.63. The molecule has 0 radical (unpaired) electrons. The molecule has 0 saturated carbocycles. The minimum Gasteiger partial charge on any atom is -0.481 e. The lowest BCUT2D eigenvalue weighted by Crippen LogP contribution is -2.02. The topological polar surface area (TPSA) is 124 Å². The van der Waals surface area contributed by atoms with E-state index in [0.29, 0.717) is 16.7 Å². The molecular weight excluding hydrogens is 296 g/mol. The van der Waals surface area contributed by atoms with Gasteiger partial charge in [0.15, 0.2) is 4.90 Å². The van der Waals surface area contributed by atoms with Gasteiger partial charge >= 0.3 is 5.97 Å². The maximum absolute atomic E-state index is 10.9. The van der Waals surface area contributed by atoms with Crippen molar-refractivity contribution in [2.45, 2.75) is 9.79 Å². The van der Waals surface area contributed by atoms with E-state index in [-0.39, 0.29) is 4.90 Å². The van der Waals surface area contributed by atoms with Gasteiger partial charge in [0.1, 0.15) is 0 Å². The van der Waals surface area contributed by atoms with Crippen LogP contribution in [0, 0.1) is 20.2 Å². The van der Waals surface area contributed by atoms with Gasteiger partial charge in [0.25, 0.3) is 11.4 Å². The van der Waals surface area contributed by atoms with Crippen molar-refractivity contribution in [3.8, 4) is 0 Å². The molecule has 1 N–H and O–H groups in total. The van der Waals surface area contributed by atoms with Crippen LogP contribution in [0.1, 0.15) is 0 Å². The number of rotatable bonds is 6. The number of nitrogens with zero attached hydrogens (tertiary/aromatic N) is 2. The molecule has 0 aromatic heterocycles. The predicted octanol–water partition coefficient (Wildman–Crippen LogP) is 2.40. The fraction of sp³-hybridized carbons (Fsp3) is 0.222. The second-order valence-electron chi connectivity index (χ2n) is 3.19. The Morgan fingerprint density at radius 3 is 2.05 bits per heavy atom. The van der Waals surface area contributed by atoms with Crippen molar-refractivity contribution in [3.05, 3.63) is 32.4 Å². The van der Waals surface area contributed by atoms with Gasteiger partial charge in [-0.05, 0) is 6.26 Å². The molecule has 8 nitrogen and oxygen atoms in total. The van der Waals surface area contributed by atoms with Gasteiger partial charge in [-0.3, -0.25) is 25.0 Å². The molecule has 0 aliphatic carbocycles. The summed E-state index contributed by atoms with van der Waals surface area (Å²) in [7, 11) is 0. The van der Waals surface area contributed by atoms with Gasteiger partial charge in [-0.25, -0.2) is 0 Å². The van der Waals surface area contributed by atoms with Crippen molar-refractivity contribution < 1.29 is 19.7 Å². The Morgan fingerprint density at radius 2 is 1.74 bits per heavy atom. The molecule has 0 atom stereocenters. The molecule has 0 aliphatic heterocycles. The number of hydrogen-bond donors (Lipinski definition) is 1. The van der Waals surface area contributed by atoms with Crippen LogP contribution in [0.4, 0.5) is 11.4 Å². The lowest BCUT2D eigenvalue weighted by molar-refractivity contribution is -0.400. The largest absolute Gasteiger partial charge is 0.481 e. The lowest BCUT2D eigenvalue weighted by Gasteiger charge is -2.04. The SMILES string of the molecule is CSc1cc([N+](=O)[O-])c(SCC(=O)O)c([N+](=O)[O-])c1. The molecule has 0 saturated heterocycles. The van der Waals surface area contributed by atoms with E-state index in [9.17, 15) is 25.0 Å². The molecular formula is C9H8N2O6S2. The van der Waals surface area contributed by atoms with Crippen LogP contribution >= 0.6 is 23.5 Å². The van der Waals surface area contributed by atoms with Gasteiger partial charge in [-0.1, -0.05) is 0 Å². The Balaban J connectivity index is 3.40. The number of hydrogen-bond acceptors (Lipinski definition) is 7. The quantitative estimate of drug-likeness (QED) is 0.482. The van der Waals surface area contributed by atoms with E-state index in [1.165, 1.54) is 12.1 Å². The highest BCUT2D eigenvalue weighted by atomic mass is 32.2. The number of thioether (sulfide) groups is 2. The molecule has 10 heteroatoms. The number of nitro benzene ring substituents is 2. The van der Waals surface area contributed by atoms with Gasteiger partial charge in [0.2, 0.25) is 0 Å². The van der Waals surface area contributed by atoms with Crippen molar-refractivity contribution >= 4 is 40.9 Å². The van der Waals surface area contributed by atoms with Crippen LogP contribution in [0.25, 0.3) is 0 Å². The first kappa shape index (κ1) is 15.2. The average molecular weight is 304 g/mol. The Labute approximate surface area is 115 Å². The molecule has 1 aromatic carbocycles. The fourth-order valence-electron chi connectivity index (χ4n) is 1.24. The zero-order valence-electron chi connectivity index (χ0n) is 9.56. The van der Waals surface area contributed by atoms with Crippen molar-refractivity contribution in [2.75, 3.05) is 12.0 Å². The molecule has 1 rings (SSSR count). The summed E-state index contributed by atoms with van der Waals surface area (Å²) in [5, 5.41) is 30.4. The predicted molar refractivity (Wildman–Crippen MR) is 69.9 cm³/mol. The van der Waals surface area contributed by atoms with E-state index in [0.717, 1.165) is 11.8 Å². The van der Waals surface area contributed by atoms with Gasteiger partial charge in [0, 0.05) is 17.0 Å². The van der Waals surface area contributed by atoms with Crippen LogP contribution in [-0.2, 0) is 4.79 Å². The fourth-order valence-corrected chi connectivity index (χ4v) is 2.53. The highest BCUT2D eigenvalue weighted by Crippen LogP contribution is 2.40. The Hall–Kier alpha value is -1.81. The second-order valence-corrected chi connectivity index (χ2v) is 5.06. The first-order chi connectivity index (χ1) is 8.86. The number of carboxylic acid groups (broad SMARTS) is 1. The third-order valence-corrected chi connectivity index (χ3v) is 3.80. The van der Waals surface area contributed by atoms with Crippen LogP contribution in [0.15, 0.2) is 21.9 Å². The first-order valence-corrected chi connectivity index (χ1v) is 6.93. The van der Waals surface area contributed by atoms with E-state index >= 15 is 0 Å². The van der Waals surface area contributed by atoms with E-state index in [2.05, 4.69) is 0 Å². The summed E-state index contributed by atoms with van der Waals surface area (Å²) in [6, 6.07) is 2.39. The average Bonchev–Trinajstić information content (AvgIpc) is 2.34. The highest BCUT2D eigenvalue weighted by molar-refractivity contribution is 8.00. The second kappa shape index (κ2) is 6.38. The summed E-state index contributed by atoms with van der Waals surface area (Å²) in [6.45, 7) is 0. The molecule has 0 fully saturated rings. The third kappa shape index (κ3) is 3.83. The minimum absolute atomic E-state index is 0.241. The minimum atomic E-state index is -1.21. The van der Waals surface area contributed by atoms with Gasteiger partial charge in [0.05, 0.1) is 15.6 Å². The van der Waals surface area contributed by atoms with E-state index < -0.39 is 32.9 Å². The van der Waals surface area contributed by atoms with Gasteiger partial charge < -0.3 is 5.11 Å². The number of aliphatic carboxylic acids is 1. The molecule has 0 heterocycles. The summed E-state index contributed by atoms with van der Waals surface area (Å²) >= 11 is 1.70. The lowest BCUT2D eigenvalue weighted by atomic mass is 10.3. The molecule has 19 heavy (non-hydrogen) atoms. The number of carboxylic acids is 1. The monoisotopic (exact) mass is 304 g/mol. The van der Waals surface area contributed by atoms with Crippen LogP contribution in [0.2, 0.25) is 0 Å². The van der Waals surface area contributed by atoms with Crippen molar-refractivity contribution in [1.82, 2.24) is 0 Å². The Bertz CT molecular complexity index is 513. The number of carbonyl (C=O) groups is 1. The van der Waals surface area contributed by atoms with Crippen molar-refractivity contribution in [2.24, 2.45) is 0 Å². The zero-order chi connectivity index (χ0) is 14.6. The Morgan fingerprint density at radius 1 is 1.26 bits per heavy atom. The number of benzene rings is 1. The Kier molecular flexibility index (Phi) is 5.12. The molecule has 0 aliphatic rings. The molecule has 102 valence electrons. The van der Waals surface area contributed by atoms with Gasteiger partial charge in [-0.15, -0.1) is 23.5 Å². The first-order valence-electron chi connectivity index (χ1n) is 4.72. The number of nitro groups is 2. The summed E-state index contributed by atoms with van der Waals surface area (Å²) in [4.78, 5) is 31.0. The van der Waals surface area contributed by atoms with Crippen LogP contribution in [0.5, 0.6) is 0 Å². The maximum Gasteiger partial charge on any atom is 0.313 e. The molecule has 1 aromatic rings. The highest BCUT2D eigenvalue weighted by Gasteiger charge is 2.27. The van der Waals surface area contributed by atoms with E-state index in [1.54, 1.807) is 6.26 Å². The summed E-state index contributed by atoms with van der Waals surface area (Å²) in [5.74, 6) is -1.69. The maximum atomic E-state index is 10.9. The van der Waals surface area contributed by atoms with Crippen molar-refractivity contribution in [1.29, 1.82) is 0 Å². The normalized spacial score (nSPS) is 10.2. The van der Waals surface area contributed by atoms with Crippen LogP contribution in [0.3, 0.4) is 0 Å². The molecule has 0 bridgehead atoms. The van der Waals surface area contributed by atoms with Crippen LogP contribution in [-0.4, -0.2) is 32.9 Å². The van der Waals surface area contributed by atoms with E-state index in [1.807, 2.05) is 0 Å². The zero-order valence-corrected chi connectivity index (χ0v) is 11.2. The summed E-state index contributed by atoms with van der Waals surface area (Å²) < 4.78 is 0. The van der Waals surface area contributed by atoms with E-state index in [4.69, 9.17) is 5.11 Å². The van der Waals surface area contributed by atoms with Gasteiger partial charge in [-0.2, -0.15) is 0 Å². The van der Waals surface area contributed by atoms with Crippen molar-refractivity contribution in [3.63, 3.8) is 0 Å². The molecule has 0 amide bonds. The standard InChI is InChI=1S/C9H8N2O6S2/c1-18-5-2-6(10(14)15)9(19-4-8(12)13)7(3-5)11(16)17/h2-3H,4H2,1H3,(H,12,13). The smallest absolute Gasteiger partial charge is 0.313 e. The molecule has 0 unspecified atom stereocenters. The molecule has 0 spiro atoms.